The average molecular weight is 662 g/mol. The SMILES string of the molecule is [2H]c1c([2H])c([2H])c(C([2H])([2H])[C@]([2H])(NC(=O)C([2H])([2H])Oc2c(C([2H])([2H])[2H])c([2H])c([2H])c([2H])c2C([2H])([2H])[2H])[C@@H](O)C[C@H](Cc2ccccc2)NC(=O)[C@@]([2H])(N2C(=O)NC([2H])([2H])C([2H])([2H])C2([2H])[2H])C([2H])(C([2H])([2H])[2H])C([2H])([2H])[2H])c([2H])c1[2H]. The fourth-order valence-electron chi connectivity index (χ4n) is 3.88. The molecule has 4 rings (SSSR count). The van der Waals surface area contributed by atoms with Gasteiger partial charge < -0.3 is 30.7 Å². The Hall–Kier alpha value is -4.37. The summed E-state index contributed by atoms with van der Waals surface area (Å²) in [4.78, 5) is 42.2. The summed E-state index contributed by atoms with van der Waals surface area (Å²) in [5, 5.41) is 16.8. The maximum Gasteiger partial charge on any atom is 0.318 e. The predicted molar refractivity (Wildman–Crippen MR) is 180 cm³/mol. The van der Waals surface area contributed by atoms with Crippen LogP contribution in [0.25, 0.3) is 0 Å². The topological polar surface area (TPSA) is 120 Å². The molecule has 4 atom stereocenters. The molecule has 1 saturated heterocycles. The quantitative estimate of drug-likeness (QED) is 0.193. The second-order valence-electron chi connectivity index (χ2n) is 9.11. The third-order valence-corrected chi connectivity index (χ3v) is 5.86. The molecule has 0 bridgehead atoms. The molecule has 4 N–H and O–H groups in total. The second-order valence-corrected chi connectivity index (χ2v) is 9.11. The van der Waals surface area contributed by atoms with Gasteiger partial charge in [-0.1, -0.05) is 92.4 Å². The monoisotopic (exact) mass is 662 g/mol. The molecule has 9 nitrogen and oxygen atoms in total. The van der Waals surface area contributed by atoms with Gasteiger partial charge in [0.2, 0.25) is 5.91 Å². The lowest BCUT2D eigenvalue weighted by Gasteiger charge is -2.37. The number of carbonyl (C=O) groups is 3. The van der Waals surface area contributed by atoms with Crippen molar-refractivity contribution in [1.82, 2.24) is 20.9 Å². The molecule has 4 amide bonds. The van der Waals surface area contributed by atoms with Gasteiger partial charge in [0.1, 0.15) is 11.8 Å². The number of hydrogen-bond acceptors (Lipinski definition) is 5. The lowest BCUT2D eigenvalue weighted by atomic mass is 9.92. The van der Waals surface area contributed by atoms with E-state index in [4.69, 9.17) is 44.5 Å². The Balaban J connectivity index is 2.09. The number of nitrogens with zero attached hydrogens (tertiary/aromatic N) is 1. The van der Waals surface area contributed by atoms with E-state index in [-0.39, 0.29) is 5.56 Å². The Bertz CT molecular complexity index is 2790. The first kappa shape index (κ1) is 11.4. The Labute approximate surface area is 319 Å². The minimum atomic E-state index is -4.88. The third-order valence-electron chi connectivity index (χ3n) is 5.86. The number of nitrogens with one attached hydrogen (secondary N) is 3. The van der Waals surface area contributed by atoms with Crippen molar-refractivity contribution < 1.29 is 69.5 Å². The van der Waals surface area contributed by atoms with Gasteiger partial charge in [-0.3, -0.25) is 9.59 Å². The number of aliphatic hydroxyl groups excluding tert-OH is 1. The fourth-order valence-corrected chi connectivity index (χ4v) is 3.88. The number of amides is 4. The lowest BCUT2D eigenvalue weighted by molar-refractivity contribution is -0.128. The molecule has 9 heteroatoms. The minimum absolute atomic E-state index is 0.0238. The molecule has 246 valence electrons. The number of ether oxygens (including phenoxy) is 1. The summed E-state index contributed by atoms with van der Waals surface area (Å²) < 4.78 is 281. The highest BCUT2D eigenvalue weighted by Crippen LogP contribution is 2.22. The van der Waals surface area contributed by atoms with Crippen molar-refractivity contribution >= 4 is 17.8 Å². The van der Waals surface area contributed by atoms with Gasteiger partial charge in [-0.15, -0.1) is 0 Å². The van der Waals surface area contributed by atoms with Gasteiger partial charge >= 0.3 is 6.03 Å². The van der Waals surface area contributed by atoms with Crippen LogP contribution in [-0.2, 0) is 22.4 Å². The van der Waals surface area contributed by atoms with Gasteiger partial charge in [-0.25, -0.2) is 4.79 Å². The third kappa shape index (κ3) is 9.81. The van der Waals surface area contributed by atoms with Gasteiger partial charge in [-0.2, -0.15) is 0 Å². The standard InChI is InChI=1S/C37H48N4O5/c1-25(2)34(41-20-12-19-38-37(41)45)36(44)39-30(21-28-15-7-5-8-16-28)23-32(42)31(22-29-17-9-6-10-18-29)40-33(43)24-46-35-26(3)13-11-14-27(35)4/h5-11,13-18,25,30-32,34,42H,12,19-24H2,1-4H3,(H,38,45)(H,39,44)(H,40,43)/t30-,31-,32-,34-/m0/s1/i1D3,2D3,3D3,4D3,6D,9D,10D,11D,12D2,13D,14D,17D,18D,19D2,20D2,22D2,24D2,25D,31D,34D. The molecular formula is C37H48N4O5. The molecule has 1 fully saturated rings. The summed E-state index contributed by atoms with van der Waals surface area (Å²) in [5.74, 6) is -11.7. The zero-order valence-electron chi connectivity index (χ0n) is 56.5. The molecule has 3 aromatic carbocycles. The van der Waals surface area contributed by atoms with Crippen LogP contribution in [0.2, 0.25) is 0 Å². The molecule has 1 aliphatic rings. The lowest BCUT2D eigenvalue weighted by Crippen LogP contribution is -2.59. The number of hydrogen-bond donors (Lipinski definition) is 4. The van der Waals surface area contributed by atoms with Crippen LogP contribution in [0.15, 0.2) is 78.7 Å². The first-order valence-electron chi connectivity index (χ1n) is 29.5. The molecule has 0 saturated carbocycles. The van der Waals surface area contributed by atoms with E-state index in [1.807, 2.05) is 5.32 Å². The summed E-state index contributed by atoms with van der Waals surface area (Å²) in [6.07, 6.45) is -14.2. The molecular weight excluding hydrogens is 580 g/mol. The summed E-state index contributed by atoms with van der Waals surface area (Å²) in [6.45, 7) is -29.2. The van der Waals surface area contributed by atoms with Gasteiger partial charge in [-0.05, 0) is 67.4 Å². The molecule has 0 unspecified atom stereocenters. The average Bonchev–Trinajstić information content (AvgIpc) is 3.26. The predicted octanol–water partition coefficient (Wildman–Crippen LogP) is 4.33. The molecule has 0 spiro atoms. The molecule has 1 aliphatic heterocycles. The van der Waals surface area contributed by atoms with Gasteiger partial charge in [0, 0.05) is 47.8 Å². The van der Waals surface area contributed by atoms with Gasteiger partial charge in [0.25, 0.3) is 5.91 Å². The van der Waals surface area contributed by atoms with E-state index < -0.39 is 196 Å². The van der Waals surface area contributed by atoms with E-state index in [9.17, 15) is 20.2 Å². The highest BCUT2D eigenvalue weighted by molar-refractivity contribution is 5.87. The summed E-state index contributed by atoms with van der Waals surface area (Å²) in [7, 11) is 0. The Morgan fingerprint density at radius 1 is 1.09 bits per heavy atom. The number of benzene rings is 3. The van der Waals surface area contributed by atoms with Crippen LogP contribution in [0.5, 0.6) is 5.75 Å². The smallest absolute Gasteiger partial charge is 0.318 e. The highest BCUT2D eigenvalue weighted by atomic mass is 16.5. The van der Waals surface area contributed by atoms with E-state index in [1.54, 1.807) is 0 Å². The Morgan fingerprint density at radius 2 is 1.83 bits per heavy atom. The van der Waals surface area contributed by atoms with E-state index in [2.05, 4.69) is 0 Å². The summed E-state index contributed by atoms with van der Waals surface area (Å²) in [5.41, 5.74) is -4.74. The van der Waals surface area contributed by atoms with Crippen LogP contribution >= 0.6 is 0 Å². The Morgan fingerprint density at radius 3 is 2.52 bits per heavy atom. The second kappa shape index (κ2) is 16.8. The minimum Gasteiger partial charge on any atom is -0.483 e. The number of carbonyl (C=O) groups excluding carboxylic acids is 3. The van der Waals surface area contributed by atoms with Crippen molar-refractivity contribution in [2.24, 2.45) is 5.89 Å². The molecule has 3 aromatic rings. The Kier molecular flexibility index (Phi) is 4.16. The largest absolute Gasteiger partial charge is 0.483 e. The first-order valence-corrected chi connectivity index (χ1v) is 13.0. The van der Waals surface area contributed by atoms with Crippen LogP contribution in [0.1, 0.15) is 94.0 Å². The van der Waals surface area contributed by atoms with Crippen molar-refractivity contribution in [2.75, 3.05) is 19.6 Å². The maximum absolute atomic E-state index is 15.0. The maximum atomic E-state index is 15.0. The first-order chi connectivity index (χ1) is 35.1. The van der Waals surface area contributed by atoms with Crippen LogP contribution in [0.4, 0.5) is 4.79 Å². The zero-order chi connectivity index (χ0) is 61.7. The van der Waals surface area contributed by atoms with E-state index in [0.29, 0.717) is 0 Å². The van der Waals surface area contributed by atoms with Crippen molar-refractivity contribution in [3.8, 4) is 5.75 Å². The van der Waals surface area contributed by atoms with Gasteiger partial charge in [0.15, 0.2) is 6.56 Å². The number of para-hydroxylation sites is 1. The number of rotatable bonds is 15. The van der Waals surface area contributed by atoms with Crippen LogP contribution < -0.4 is 20.7 Å². The van der Waals surface area contributed by atoms with Gasteiger partial charge in [0.05, 0.1) is 28.6 Å². The normalized spacial score (nSPS) is 32.8. The van der Waals surface area contributed by atoms with Crippen molar-refractivity contribution in [3.63, 3.8) is 0 Å². The van der Waals surface area contributed by atoms with E-state index in [1.165, 1.54) is 41.0 Å². The van der Waals surface area contributed by atoms with Crippen molar-refractivity contribution in [1.29, 1.82) is 0 Å². The van der Waals surface area contributed by atoms with E-state index in [0.717, 1.165) is 0 Å². The molecule has 1 heterocycles. The van der Waals surface area contributed by atoms with Crippen LogP contribution in [0, 0.1) is 19.6 Å². The zero-order valence-corrected chi connectivity index (χ0v) is 23.5. The molecule has 0 radical (unpaired) electrons. The van der Waals surface area contributed by atoms with E-state index >= 15 is 4.79 Å². The molecule has 0 aromatic heterocycles. The fraction of sp³-hybridized carbons (Fsp3) is 0.432. The molecule has 0 aliphatic carbocycles. The summed E-state index contributed by atoms with van der Waals surface area (Å²) in [6, 6.07) is -18.4. The van der Waals surface area contributed by atoms with Crippen LogP contribution in [0.3, 0.4) is 0 Å². The molecule has 46 heavy (non-hydrogen) atoms. The van der Waals surface area contributed by atoms with Crippen molar-refractivity contribution in [3.05, 3.63) is 101 Å². The summed E-state index contributed by atoms with van der Waals surface area (Å²) >= 11 is 0. The van der Waals surface area contributed by atoms with Crippen LogP contribution in [-0.4, -0.2) is 71.6 Å². The number of urea groups is 1. The number of aliphatic hydroxyl groups is 1. The highest BCUT2D eigenvalue weighted by Gasteiger charge is 2.35. The van der Waals surface area contributed by atoms with Crippen molar-refractivity contribution in [2.45, 2.75) is 77.2 Å².